The summed E-state index contributed by atoms with van der Waals surface area (Å²) in [7, 11) is 0. The lowest BCUT2D eigenvalue weighted by atomic mass is 10.1. The zero-order chi connectivity index (χ0) is 17.1. The lowest BCUT2D eigenvalue weighted by Gasteiger charge is -2.13. The van der Waals surface area contributed by atoms with E-state index in [9.17, 15) is 4.79 Å². The molecule has 0 saturated carbocycles. The Bertz CT molecular complexity index is 863. The van der Waals surface area contributed by atoms with Crippen LogP contribution in [0.5, 0.6) is 5.75 Å². The molecule has 0 unspecified atom stereocenters. The van der Waals surface area contributed by atoms with Crippen LogP contribution in [0.4, 0.5) is 4.79 Å². The Labute approximate surface area is 142 Å². The Balaban J connectivity index is 1.74. The number of hydrogen-bond donors (Lipinski definition) is 2. The van der Waals surface area contributed by atoms with E-state index in [1.54, 1.807) is 29.8 Å². The van der Waals surface area contributed by atoms with Crippen molar-refractivity contribution in [1.29, 1.82) is 0 Å². The van der Waals surface area contributed by atoms with Crippen molar-refractivity contribution in [2.45, 2.75) is 13.0 Å². The van der Waals surface area contributed by atoms with E-state index in [1.165, 1.54) is 0 Å². The lowest BCUT2D eigenvalue weighted by Crippen LogP contribution is -2.35. The largest absolute Gasteiger partial charge is 0.491 e. The summed E-state index contributed by atoms with van der Waals surface area (Å²) < 4.78 is 7.24. The maximum absolute atomic E-state index is 10.5. The van der Waals surface area contributed by atoms with Gasteiger partial charge in [-0.05, 0) is 43.3 Å². The van der Waals surface area contributed by atoms with Gasteiger partial charge in [0.1, 0.15) is 17.5 Å². The highest BCUT2D eigenvalue weighted by Crippen LogP contribution is 2.23. The molecule has 8 heteroatoms. The van der Waals surface area contributed by atoms with Gasteiger partial charge in [-0.25, -0.2) is 14.3 Å². The van der Waals surface area contributed by atoms with Gasteiger partial charge >= 0.3 is 6.09 Å². The van der Waals surface area contributed by atoms with Gasteiger partial charge in [0.25, 0.3) is 0 Å². The van der Waals surface area contributed by atoms with E-state index in [-0.39, 0.29) is 12.6 Å². The summed E-state index contributed by atoms with van der Waals surface area (Å²) in [6.45, 7) is 1.98. The fourth-order valence-electron chi connectivity index (χ4n) is 2.24. The second-order valence-corrected chi connectivity index (χ2v) is 5.64. The fourth-order valence-corrected chi connectivity index (χ4v) is 2.38. The first-order valence-electron chi connectivity index (χ1n) is 7.26. The molecule has 3 aromatic rings. The molecule has 24 heavy (non-hydrogen) atoms. The quantitative estimate of drug-likeness (QED) is 0.741. The van der Waals surface area contributed by atoms with Crippen LogP contribution in [0, 0.1) is 0 Å². The molecule has 2 N–H and O–H groups in total. The molecule has 0 radical (unpaired) electrons. The second-order valence-electron chi connectivity index (χ2n) is 5.26. The number of rotatable bonds is 5. The molecule has 0 aliphatic carbocycles. The van der Waals surface area contributed by atoms with E-state index < -0.39 is 6.09 Å². The molecule has 1 aromatic carbocycles. The van der Waals surface area contributed by atoms with Crippen molar-refractivity contribution in [2.24, 2.45) is 0 Å². The second kappa shape index (κ2) is 6.76. The number of hydrogen-bond acceptors (Lipinski definition) is 4. The van der Waals surface area contributed by atoms with Crippen LogP contribution in [0.2, 0.25) is 5.15 Å². The summed E-state index contributed by atoms with van der Waals surface area (Å²) in [5.41, 5.74) is 2.45. The van der Waals surface area contributed by atoms with Gasteiger partial charge in [0.15, 0.2) is 5.65 Å². The topological polar surface area (TPSA) is 88.8 Å². The molecule has 0 fully saturated rings. The number of imidazole rings is 1. The molecule has 3 rings (SSSR count). The van der Waals surface area contributed by atoms with Gasteiger partial charge in [-0.2, -0.15) is 5.10 Å². The van der Waals surface area contributed by atoms with Gasteiger partial charge in [0.2, 0.25) is 0 Å². The van der Waals surface area contributed by atoms with Gasteiger partial charge in [-0.3, -0.25) is 0 Å². The molecule has 2 heterocycles. The summed E-state index contributed by atoms with van der Waals surface area (Å²) in [6, 6.07) is 10.6. The van der Waals surface area contributed by atoms with Gasteiger partial charge in [-0.1, -0.05) is 11.6 Å². The summed E-state index contributed by atoms with van der Waals surface area (Å²) >= 11 is 5.94. The average Bonchev–Trinajstić information content (AvgIpc) is 2.96. The summed E-state index contributed by atoms with van der Waals surface area (Å²) in [6.07, 6.45) is 0.660. The Kier molecular flexibility index (Phi) is 4.52. The number of ether oxygens (including phenoxy) is 1. The van der Waals surface area contributed by atoms with Crippen LogP contribution in [0.15, 0.2) is 42.6 Å². The molecule has 124 valence electrons. The number of halogens is 1. The van der Waals surface area contributed by atoms with Crippen molar-refractivity contribution in [3.8, 4) is 17.0 Å². The van der Waals surface area contributed by atoms with Crippen molar-refractivity contribution < 1.29 is 14.6 Å². The van der Waals surface area contributed by atoms with Crippen molar-refractivity contribution >= 4 is 23.3 Å². The number of amides is 1. The Morgan fingerprint density at radius 1 is 1.33 bits per heavy atom. The summed E-state index contributed by atoms with van der Waals surface area (Å²) in [5.74, 6) is 0.651. The minimum atomic E-state index is -1.07. The molecule has 0 saturated heterocycles. The Morgan fingerprint density at radius 2 is 2.08 bits per heavy atom. The van der Waals surface area contributed by atoms with Gasteiger partial charge in [0.05, 0.1) is 17.9 Å². The highest BCUT2D eigenvalue weighted by molar-refractivity contribution is 6.29. The van der Waals surface area contributed by atoms with Crippen LogP contribution in [0.25, 0.3) is 16.9 Å². The number of benzene rings is 1. The van der Waals surface area contributed by atoms with E-state index in [2.05, 4.69) is 15.4 Å². The SMILES string of the molecule is C[C@H](COc1ccc(-c2cnc3ccc(Cl)nn23)cc1)NC(=O)O. The highest BCUT2D eigenvalue weighted by atomic mass is 35.5. The van der Waals surface area contributed by atoms with Crippen molar-refractivity contribution in [3.05, 3.63) is 47.7 Å². The zero-order valence-corrected chi connectivity index (χ0v) is 13.6. The lowest BCUT2D eigenvalue weighted by molar-refractivity contribution is 0.183. The monoisotopic (exact) mass is 346 g/mol. The molecular weight excluding hydrogens is 332 g/mol. The molecule has 0 aliphatic heterocycles. The van der Waals surface area contributed by atoms with Crippen LogP contribution < -0.4 is 10.1 Å². The number of fused-ring (bicyclic) bond motifs is 1. The van der Waals surface area contributed by atoms with Crippen LogP contribution in [-0.4, -0.2) is 38.4 Å². The van der Waals surface area contributed by atoms with Gasteiger partial charge in [-0.15, -0.1) is 0 Å². The molecular formula is C16H15ClN4O3. The maximum Gasteiger partial charge on any atom is 0.404 e. The standard InChI is InChI=1S/C16H15ClN4O3/c1-10(19-16(22)23)9-24-12-4-2-11(3-5-12)13-8-18-15-7-6-14(17)20-21(13)15/h2-8,10,19H,9H2,1H3,(H,22,23)/t10-/m1/s1. The molecule has 1 amide bonds. The van der Waals surface area contributed by atoms with E-state index in [0.29, 0.717) is 16.5 Å². The van der Waals surface area contributed by atoms with Crippen molar-refractivity contribution in [1.82, 2.24) is 19.9 Å². The Morgan fingerprint density at radius 3 is 2.79 bits per heavy atom. The van der Waals surface area contributed by atoms with E-state index in [4.69, 9.17) is 21.4 Å². The first-order valence-corrected chi connectivity index (χ1v) is 7.64. The van der Waals surface area contributed by atoms with E-state index in [0.717, 1.165) is 11.3 Å². The molecule has 0 spiro atoms. The third-order valence-corrected chi connectivity index (χ3v) is 3.55. The average molecular weight is 347 g/mol. The summed E-state index contributed by atoms with van der Waals surface area (Å²) in [5, 5.41) is 15.6. The minimum absolute atomic E-state index is 0.248. The summed E-state index contributed by atoms with van der Waals surface area (Å²) in [4.78, 5) is 14.8. The highest BCUT2D eigenvalue weighted by Gasteiger charge is 2.09. The van der Waals surface area contributed by atoms with Crippen LogP contribution in [0.1, 0.15) is 6.92 Å². The van der Waals surface area contributed by atoms with Gasteiger partial charge in [0, 0.05) is 5.56 Å². The third-order valence-electron chi connectivity index (χ3n) is 3.35. The maximum atomic E-state index is 10.5. The number of nitrogens with zero attached hydrogens (tertiary/aromatic N) is 3. The molecule has 2 aromatic heterocycles. The normalized spacial score (nSPS) is 12.1. The van der Waals surface area contributed by atoms with Crippen LogP contribution in [-0.2, 0) is 0 Å². The molecule has 0 aliphatic rings. The number of aromatic nitrogens is 3. The minimum Gasteiger partial charge on any atom is -0.491 e. The van der Waals surface area contributed by atoms with E-state index >= 15 is 0 Å². The first kappa shape index (κ1) is 16.1. The zero-order valence-electron chi connectivity index (χ0n) is 12.8. The van der Waals surface area contributed by atoms with E-state index in [1.807, 2.05) is 24.3 Å². The third kappa shape index (κ3) is 3.57. The predicted molar refractivity (Wildman–Crippen MR) is 89.6 cm³/mol. The Hall–Kier alpha value is -2.80. The van der Waals surface area contributed by atoms with Crippen molar-refractivity contribution in [3.63, 3.8) is 0 Å². The van der Waals surface area contributed by atoms with Crippen molar-refractivity contribution in [2.75, 3.05) is 6.61 Å². The number of carbonyl (C=O) groups is 1. The van der Waals surface area contributed by atoms with Crippen LogP contribution >= 0.6 is 11.6 Å². The number of nitrogens with one attached hydrogen (secondary N) is 1. The first-order chi connectivity index (χ1) is 11.5. The molecule has 1 atom stereocenters. The predicted octanol–water partition coefficient (Wildman–Crippen LogP) is 3.08. The smallest absolute Gasteiger partial charge is 0.404 e. The number of carboxylic acid groups (broad SMARTS) is 1. The fraction of sp³-hybridized carbons (Fsp3) is 0.188. The molecule has 7 nitrogen and oxygen atoms in total. The van der Waals surface area contributed by atoms with Gasteiger partial charge < -0.3 is 15.2 Å². The van der Waals surface area contributed by atoms with Crippen LogP contribution in [0.3, 0.4) is 0 Å². The molecule has 0 bridgehead atoms.